The van der Waals surface area contributed by atoms with Crippen molar-refractivity contribution in [3.8, 4) is 0 Å². The van der Waals surface area contributed by atoms with Crippen LogP contribution >= 0.6 is 0 Å². The van der Waals surface area contributed by atoms with Crippen molar-refractivity contribution in [1.82, 2.24) is 15.1 Å². The zero-order chi connectivity index (χ0) is 15.8. The van der Waals surface area contributed by atoms with Crippen molar-refractivity contribution in [3.05, 3.63) is 17.5 Å². The van der Waals surface area contributed by atoms with Crippen molar-refractivity contribution in [2.45, 2.75) is 65.0 Å². The summed E-state index contributed by atoms with van der Waals surface area (Å²) in [4.78, 5) is 12.3. The molecule has 2 N–H and O–H groups in total. The van der Waals surface area contributed by atoms with Gasteiger partial charge in [-0.3, -0.25) is 9.48 Å². The number of aromatic nitrogens is 2. The predicted octanol–water partition coefficient (Wildman–Crippen LogP) is 2.26. The molecule has 1 aromatic rings. The van der Waals surface area contributed by atoms with E-state index in [1.54, 1.807) is 0 Å². The monoisotopic (exact) mass is 293 g/mol. The Balaban J connectivity index is 2.18. The molecule has 0 saturated heterocycles. The van der Waals surface area contributed by atoms with E-state index in [0.717, 1.165) is 5.69 Å². The molecule has 21 heavy (non-hydrogen) atoms. The van der Waals surface area contributed by atoms with Crippen LogP contribution in [-0.4, -0.2) is 33.4 Å². The van der Waals surface area contributed by atoms with Gasteiger partial charge >= 0.3 is 0 Å². The van der Waals surface area contributed by atoms with Crippen LogP contribution in [0.25, 0.3) is 0 Å². The zero-order valence-electron chi connectivity index (χ0n) is 13.7. The van der Waals surface area contributed by atoms with Crippen molar-refractivity contribution >= 4 is 5.91 Å². The normalized spacial score (nSPS) is 18.4. The summed E-state index contributed by atoms with van der Waals surface area (Å²) in [5, 5.41) is 16.6. The minimum absolute atomic E-state index is 0.0292. The van der Waals surface area contributed by atoms with Crippen LogP contribution in [0.15, 0.2) is 6.07 Å². The second-order valence-electron chi connectivity index (χ2n) is 7.23. The van der Waals surface area contributed by atoms with Gasteiger partial charge in [0.2, 0.25) is 0 Å². The Hall–Kier alpha value is -1.36. The minimum atomic E-state index is -0.160. The van der Waals surface area contributed by atoms with Crippen LogP contribution in [0, 0.1) is 5.92 Å². The summed E-state index contributed by atoms with van der Waals surface area (Å²) in [7, 11) is 0. The molecule has 0 aliphatic heterocycles. The number of carbonyl (C=O) groups excluding carboxylic acids is 1. The van der Waals surface area contributed by atoms with Gasteiger partial charge < -0.3 is 10.4 Å². The predicted molar refractivity (Wildman–Crippen MR) is 82.4 cm³/mol. The molecule has 118 valence electrons. The van der Waals surface area contributed by atoms with Gasteiger partial charge in [-0.1, -0.05) is 6.92 Å². The molecule has 1 aromatic heterocycles. The number of nitrogens with zero attached hydrogens (tertiary/aromatic N) is 2. The lowest BCUT2D eigenvalue weighted by Gasteiger charge is -2.22. The number of aliphatic hydroxyl groups excluding tert-OH is 1. The van der Waals surface area contributed by atoms with Crippen molar-refractivity contribution < 1.29 is 9.90 Å². The third-order valence-corrected chi connectivity index (χ3v) is 4.10. The highest BCUT2D eigenvalue weighted by molar-refractivity contribution is 5.92. The Kier molecular flexibility index (Phi) is 4.42. The van der Waals surface area contributed by atoms with Gasteiger partial charge in [0.05, 0.1) is 5.54 Å². The second kappa shape index (κ2) is 5.79. The standard InChI is InChI=1S/C16H27N3O2/c1-10(9-20)11(2)17-15(21)13-8-14(12-6-7-12)19(18-13)16(3,4)5/h8,10-12,20H,6-7,9H2,1-5H3,(H,17,21). The molecule has 1 heterocycles. The molecule has 1 amide bonds. The van der Waals surface area contributed by atoms with Gasteiger partial charge in [0, 0.05) is 24.3 Å². The summed E-state index contributed by atoms with van der Waals surface area (Å²) in [5.74, 6) is 0.418. The highest BCUT2D eigenvalue weighted by Crippen LogP contribution is 2.41. The fraction of sp³-hybridized carbons (Fsp3) is 0.750. The first-order valence-corrected chi connectivity index (χ1v) is 7.76. The quantitative estimate of drug-likeness (QED) is 0.875. The van der Waals surface area contributed by atoms with E-state index in [4.69, 9.17) is 5.11 Å². The summed E-state index contributed by atoms with van der Waals surface area (Å²) < 4.78 is 1.99. The molecule has 2 rings (SSSR count). The molecular weight excluding hydrogens is 266 g/mol. The maximum Gasteiger partial charge on any atom is 0.272 e. The van der Waals surface area contributed by atoms with Crippen LogP contribution in [0.1, 0.15) is 69.6 Å². The van der Waals surface area contributed by atoms with Crippen LogP contribution in [-0.2, 0) is 5.54 Å². The second-order valence-corrected chi connectivity index (χ2v) is 7.23. The van der Waals surface area contributed by atoms with E-state index in [-0.39, 0.29) is 30.0 Å². The summed E-state index contributed by atoms with van der Waals surface area (Å²) >= 11 is 0. The lowest BCUT2D eigenvalue weighted by Crippen LogP contribution is -2.38. The zero-order valence-corrected chi connectivity index (χ0v) is 13.7. The third-order valence-electron chi connectivity index (χ3n) is 4.10. The summed E-state index contributed by atoms with van der Waals surface area (Å²) in [6, 6.07) is 1.85. The SMILES string of the molecule is CC(CO)C(C)NC(=O)c1cc(C2CC2)n(C(C)(C)C)n1. The molecule has 1 aliphatic carbocycles. The average molecular weight is 293 g/mol. The number of hydrogen-bond acceptors (Lipinski definition) is 3. The van der Waals surface area contributed by atoms with Crippen LogP contribution in [0.2, 0.25) is 0 Å². The third kappa shape index (κ3) is 3.64. The van der Waals surface area contributed by atoms with Gasteiger partial charge in [-0.15, -0.1) is 0 Å². The lowest BCUT2D eigenvalue weighted by atomic mass is 10.1. The fourth-order valence-corrected chi connectivity index (χ4v) is 2.29. The molecule has 1 saturated carbocycles. The molecule has 0 bridgehead atoms. The average Bonchev–Trinajstić information content (AvgIpc) is 3.14. The molecule has 5 heteroatoms. The Labute approximate surface area is 126 Å². The maximum absolute atomic E-state index is 12.3. The number of aliphatic hydroxyl groups is 1. The van der Waals surface area contributed by atoms with E-state index in [0.29, 0.717) is 11.6 Å². The first kappa shape index (κ1) is 16.0. The topological polar surface area (TPSA) is 67.2 Å². The number of hydrogen-bond donors (Lipinski definition) is 2. The van der Waals surface area contributed by atoms with E-state index >= 15 is 0 Å². The molecule has 1 aliphatic rings. The van der Waals surface area contributed by atoms with Gasteiger partial charge in [-0.2, -0.15) is 5.10 Å². The molecule has 0 spiro atoms. The van der Waals surface area contributed by atoms with Gasteiger partial charge in [0.25, 0.3) is 5.91 Å². The van der Waals surface area contributed by atoms with E-state index in [2.05, 4.69) is 31.2 Å². The van der Waals surface area contributed by atoms with Crippen molar-refractivity contribution in [3.63, 3.8) is 0 Å². The van der Waals surface area contributed by atoms with Gasteiger partial charge in [0.15, 0.2) is 0 Å². The molecule has 0 radical (unpaired) electrons. The number of nitrogens with one attached hydrogen (secondary N) is 1. The molecule has 0 aromatic carbocycles. The molecular formula is C16H27N3O2. The van der Waals surface area contributed by atoms with Crippen LogP contribution in [0.5, 0.6) is 0 Å². The van der Waals surface area contributed by atoms with E-state index in [1.165, 1.54) is 12.8 Å². The summed E-state index contributed by atoms with van der Waals surface area (Å²) in [5.41, 5.74) is 1.51. The number of rotatable bonds is 5. The summed E-state index contributed by atoms with van der Waals surface area (Å²) in [6.07, 6.45) is 2.36. The fourth-order valence-electron chi connectivity index (χ4n) is 2.29. The lowest BCUT2D eigenvalue weighted by molar-refractivity contribution is 0.0909. The molecule has 5 nitrogen and oxygen atoms in total. The molecule has 1 fully saturated rings. The Morgan fingerprint density at radius 3 is 2.57 bits per heavy atom. The van der Waals surface area contributed by atoms with Crippen LogP contribution < -0.4 is 5.32 Å². The van der Waals surface area contributed by atoms with E-state index in [9.17, 15) is 4.79 Å². The van der Waals surface area contributed by atoms with Gasteiger partial charge in [0.1, 0.15) is 5.69 Å². The van der Waals surface area contributed by atoms with Crippen molar-refractivity contribution in [2.75, 3.05) is 6.61 Å². The molecule has 2 unspecified atom stereocenters. The first-order valence-electron chi connectivity index (χ1n) is 7.76. The number of amides is 1. The van der Waals surface area contributed by atoms with Crippen molar-refractivity contribution in [1.29, 1.82) is 0 Å². The molecule has 2 atom stereocenters. The Morgan fingerprint density at radius 2 is 2.10 bits per heavy atom. The van der Waals surface area contributed by atoms with Gasteiger partial charge in [-0.05, 0) is 52.5 Å². The summed E-state index contributed by atoms with van der Waals surface area (Å²) in [6.45, 7) is 10.2. The van der Waals surface area contributed by atoms with Crippen molar-refractivity contribution in [2.24, 2.45) is 5.92 Å². The Bertz CT molecular complexity index is 512. The van der Waals surface area contributed by atoms with Crippen LogP contribution in [0.4, 0.5) is 0 Å². The largest absolute Gasteiger partial charge is 0.396 e. The highest BCUT2D eigenvalue weighted by Gasteiger charge is 2.32. The van der Waals surface area contributed by atoms with Gasteiger partial charge in [-0.25, -0.2) is 0 Å². The number of carbonyl (C=O) groups is 1. The van der Waals surface area contributed by atoms with E-state index < -0.39 is 0 Å². The smallest absolute Gasteiger partial charge is 0.272 e. The minimum Gasteiger partial charge on any atom is -0.396 e. The Morgan fingerprint density at radius 1 is 1.48 bits per heavy atom. The maximum atomic E-state index is 12.3. The van der Waals surface area contributed by atoms with Crippen LogP contribution in [0.3, 0.4) is 0 Å². The van der Waals surface area contributed by atoms with E-state index in [1.807, 2.05) is 24.6 Å². The first-order chi connectivity index (χ1) is 9.74. The highest BCUT2D eigenvalue weighted by atomic mass is 16.3.